The van der Waals surface area contributed by atoms with Crippen LogP contribution in [0, 0.1) is 0 Å². The van der Waals surface area contributed by atoms with Gasteiger partial charge in [-0.25, -0.2) is 8.42 Å². The third kappa shape index (κ3) is 4.90. The molecule has 8 heteroatoms. The summed E-state index contributed by atoms with van der Waals surface area (Å²) in [5.74, 6) is -0.302. The van der Waals surface area contributed by atoms with E-state index in [-0.39, 0.29) is 10.8 Å². The minimum absolute atomic E-state index is 0.204. The van der Waals surface area contributed by atoms with Crippen molar-refractivity contribution in [3.05, 3.63) is 78.1 Å². The van der Waals surface area contributed by atoms with E-state index in [0.717, 1.165) is 5.56 Å². The molecule has 0 aliphatic heterocycles. The first-order chi connectivity index (χ1) is 13.9. The van der Waals surface area contributed by atoms with Crippen molar-refractivity contribution in [1.82, 2.24) is 14.1 Å². The minimum atomic E-state index is -3.52. The number of aromatic nitrogens is 2. The van der Waals surface area contributed by atoms with Crippen molar-refractivity contribution in [2.45, 2.75) is 25.3 Å². The monoisotopic (exact) mass is 412 g/mol. The maximum absolute atomic E-state index is 12.5. The molecule has 0 atom stereocenters. The molecule has 0 bridgehead atoms. The normalized spacial score (nSPS) is 11.6. The van der Waals surface area contributed by atoms with E-state index in [2.05, 4.69) is 10.4 Å². The van der Waals surface area contributed by atoms with Crippen LogP contribution in [0.25, 0.3) is 0 Å². The third-order valence-corrected chi connectivity index (χ3v) is 6.60. The number of carbonyl (C=O) groups excluding carboxylic acids is 1. The van der Waals surface area contributed by atoms with Crippen LogP contribution < -0.4 is 5.32 Å². The van der Waals surface area contributed by atoms with Gasteiger partial charge >= 0.3 is 0 Å². The molecule has 0 fully saturated rings. The lowest BCUT2D eigenvalue weighted by molar-refractivity contribution is 0.102. The predicted octanol–water partition coefficient (Wildman–Crippen LogP) is 3.21. The standard InChI is InChI=1S/C21H24N4O3S/c1-3-25(4-2)29(27,28)20-12-10-19(11-13-20)23-21(26)18-14-22-24(16-18)15-17-8-6-5-7-9-17/h5-14,16H,3-4,15H2,1-2H3,(H,23,26). The maximum atomic E-state index is 12.5. The lowest BCUT2D eigenvalue weighted by Crippen LogP contribution is -2.30. The van der Waals surface area contributed by atoms with Crippen LogP contribution in [0.2, 0.25) is 0 Å². The number of nitrogens with zero attached hydrogens (tertiary/aromatic N) is 3. The molecule has 2 aromatic carbocycles. The van der Waals surface area contributed by atoms with E-state index in [4.69, 9.17) is 0 Å². The highest BCUT2D eigenvalue weighted by Gasteiger charge is 2.21. The van der Waals surface area contributed by atoms with Crippen molar-refractivity contribution >= 4 is 21.6 Å². The van der Waals surface area contributed by atoms with Gasteiger partial charge in [0.25, 0.3) is 5.91 Å². The van der Waals surface area contributed by atoms with Crippen molar-refractivity contribution in [1.29, 1.82) is 0 Å². The van der Waals surface area contributed by atoms with Gasteiger partial charge in [-0.1, -0.05) is 44.2 Å². The molecule has 0 aliphatic carbocycles. The van der Waals surface area contributed by atoms with Gasteiger partial charge in [0.2, 0.25) is 10.0 Å². The SMILES string of the molecule is CCN(CC)S(=O)(=O)c1ccc(NC(=O)c2cnn(Cc3ccccc3)c2)cc1. The van der Waals surface area contributed by atoms with E-state index >= 15 is 0 Å². The van der Waals surface area contributed by atoms with Crippen LogP contribution in [-0.2, 0) is 16.6 Å². The fourth-order valence-corrected chi connectivity index (χ4v) is 4.42. The van der Waals surface area contributed by atoms with Gasteiger partial charge < -0.3 is 5.32 Å². The molecule has 0 spiro atoms. The van der Waals surface area contributed by atoms with Crippen molar-refractivity contribution in [2.75, 3.05) is 18.4 Å². The van der Waals surface area contributed by atoms with Crippen LogP contribution in [0.4, 0.5) is 5.69 Å². The Morgan fingerprint density at radius 1 is 1.03 bits per heavy atom. The average molecular weight is 413 g/mol. The fourth-order valence-electron chi connectivity index (χ4n) is 2.96. The fraction of sp³-hybridized carbons (Fsp3) is 0.238. The molecule has 7 nitrogen and oxygen atoms in total. The lowest BCUT2D eigenvalue weighted by atomic mass is 10.2. The molecule has 0 radical (unpaired) electrons. The smallest absolute Gasteiger partial charge is 0.258 e. The third-order valence-electron chi connectivity index (χ3n) is 4.54. The second-order valence-electron chi connectivity index (χ2n) is 6.48. The number of sulfonamides is 1. The number of rotatable bonds is 8. The van der Waals surface area contributed by atoms with Crippen LogP contribution in [0.15, 0.2) is 71.9 Å². The van der Waals surface area contributed by atoms with E-state index in [1.54, 1.807) is 36.9 Å². The quantitative estimate of drug-likeness (QED) is 0.616. The number of amides is 1. The highest BCUT2D eigenvalue weighted by atomic mass is 32.2. The number of benzene rings is 2. The zero-order valence-electron chi connectivity index (χ0n) is 16.4. The number of hydrogen-bond acceptors (Lipinski definition) is 4. The van der Waals surface area contributed by atoms with E-state index < -0.39 is 10.0 Å². The molecule has 1 amide bonds. The Morgan fingerprint density at radius 2 is 1.69 bits per heavy atom. The molecule has 3 aromatic rings. The summed E-state index contributed by atoms with van der Waals surface area (Å²) in [4.78, 5) is 12.7. The highest BCUT2D eigenvalue weighted by molar-refractivity contribution is 7.89. The van der Waals surface area contributed by atoms with Crippen LogP contribution in [-0.4, -0.2) is 41.5 Å². The molecule has 29 heavy (non-hydrogen) atoms. The first kappa shape index (κ1) is 20.8. The molecule has 1 aromatic heterocycles. The molecule has 0 saturated carbocycles. The molecular weight excluding hydrogens is 388 g/mol. The van der Waals surface area contributed by atoms with Crippen molar-refractivity contribution in [3.63, 3.8) is 0 Å². The molecule has 0 aliphatic rings. The molecule has 3 rings (SSSR count). The molecular formula is C21H24N4O3S. The van der Waals surface area contributed by atoms with Crippen LogP contribution >= 0.6 is 0 Å². The van der Waals surface area contributed by atoms with E-state index in [9.17, 15) is 13.2 Å². The Labute approximate surface area is 171 Å². The molecule has 1 N–H and O–H groups in total. The van der Waals surface area contributed by atoms with E-state index in [0.29, 0.717) is 30.9 Å². The average Bonchev–Trinajstić information content (AvgIpc) is 3.18. The summed E-state index contributed by atoms with van der Waals surface area (Å²) < 4.78 is 28.1. The highest BCUT2D eigenvalue weighted by Crippen LogP contribution is 2.19. The van der Waals surface area contributed by atoms with E-state index in [1.165, 1.54) is 22.6 Å². The minimum Gasteiger partial charge on any atom is -0.322 e. The van der Waals surface area contributed by atoms with Gasteiger partial charge in [0.1, 0.15) is 0 Å². The lowest BCUT2D eigenvalue weighted by Gasteiger charge is -2.18. The van der Waals surface area contributed by atoms with Crippen molar-refractivity contribution in [2.24, 2.45) is 0 Å². The van der Waals surface area contributed by atoms with Gasteiger partial charge in [0.15, 0.2) is 0 Å². The van der Waals surface area contributed by atoms with Crippen molar-refractivity contribution in [3.8, 4) is 0 Å². The van der Waals surface area contributed by atoms with Crippen LogP contribution in [0.5, 0.6) is 0 Å². The molecule has 1 heterocycles. The molecule has 152 valence electrons. The molecule has 0 saturated heterocycles. The van der Waals surface area contributed by atoms with Gasteiger partial charge in [-0.3, -0.25) is 9.48 Å². The second kappa shape index (κ2) is 9.02. The first-order valence-corrected chi connectivity index (χ1v) is 10.9. The Morgan fingerprint density at radius 3 is 2.31 bits per heavy atom. The van der Waals surface area contributed by atoms with Gasteiger partial charge in [-0.05, 0) is 29.8 Å². The summed E-state index contributed by atoms with van der Waals surface area (Å²) in [6, 6.07) is 16.0. The summed E-state index contributed by atoms with van der Waals surface area (Å²) >= 11 is 0. The summed E-state index contributed by atoms with van der Waals surface area (Å²) in [7, 11) is -3.52. The Kier molecular flexibility index (Phi) is 6.46. The van der Waals surface area contributed by atoms with Crippen LogP contribution in [0.1, 0.15) is 29.8 Å². The van der Waals surface area contributed by atoms with Crippen molar-refractivity contribution < 1.29 is 13.2 Å². The summed E-state index contributed by atoms with van der Waals surface area (Å²) in [6.07, 6.45) is 3.19. The summed E-state index contributed by atoms with van der Waals surface area (Å²) in [6.45, 7) is 4.99. The number of anilines is 1. The topological polar surface area (TPSA) is 84.3 Å². The summed E-state index contributed by atoms with van der Waals surface area (Å²) in [5, 5.41) is 7.00. The maximum Gasteiger partial charge on any atom is 0.258 e. The Bertz CT molecular complexity index is 1060. The predicted molar refractivity (Wildman–Crippen MR) is 112 cm³/mol. The van der Waals surface area contributed by atoms with Gasteiger partial charge in [-0.15, -0.1) is 0 Å². The largest absolute Gasteiger partial charge is 0.322 e. The Balaban J connectivity index is 1.67. The Hall–Kier alpha value is -2.97. The van der Waals surface area contributed by atoms with Crippen LogP contribution in [0.3, 0.4) is 0 Å². The molecule has 0 unspecified atom stereocenters. The van der Waals surface area contributed by atoms with Gasteiger partial charge in [-0.2, -0.15) is 9.40 Å². The van der Waals surface area contributed by atoms with Gasteiger partial charge in [0.05, 0.1) is 23.2 Å². The van der Waals surface area contributed by atoms with Gasteiger partial charge in [0, 0.05) is 25.0 Å². The van der Waals surface area contributed by atoms with E-state index in [1.807, 2.05) is 30.3 Å². The summed E-state index contributed by atoms with van der Waals surface area (Å²) in [5.41, 5.74) is 2.04. The number of carbonyl (C=O) groups is 1. The zero-order chi connectivity index (χ0) is 20.9. The second-order valence-corrected chi connectivity index (χ2v) is 8.42. The zero-order valence-corrected chi connectivity index (χ0v) is 17.3. The first-order valence-electron chi connectivity index (χ1n) is 9.42. The number of hydrogen-bond donors (Lipinski definition) is 1. The number of nitrogens with one attached hydrogen (secondary N) is 1.